The van der Waals surface area contributed by atoms with E-state index in [1.807, 2.05) is 0 Å². The number of nitrogens with zero attached hydrogens (tertiary/aromatic N) is 1. The lowest BCUT2D eigenvalue weighted by Gasteiger charge is -2.51. The smallest absolute Gasteiger partial charge is 0.246 e. The number of hydrogen-bond acceptors (Lipinski definition) is 1. The first-order valence-electron chi connectivity index (χ1n) is 16.0. The maximum Gasteiger partial charge on any atom is 0.246 e. The fraction of sp³-hybridized carbons (Fsp3) is 0.143. The van der Waals surface area contributed by atoms with Gasteiger partial charge in [0.25, 0.3) is 0 Å². The predicted molar refractivity (Wildman–Crippen MR) is 201 cm³/mol. The third-order valence-electron chi connectivity index (χ3n) is 9.57. The lowest BCUT2D eigenvalue weighted by Crippen LogP contribution is -2.84. The van der Waals surface area contributed by atoms with Crippen molar-refractivity contribution in [1.82, 2.24) is 0 Å². The number of benzene rings is 6. The quantitative estimate of drug-likeness (QED) is 0.138. The maximum absolute atomic E-state index is 3.04. The van der Waals surface area contributed by atoms with E-state index in [9.17, 15) is 0 Å². The molecule has 0 saturated heterocycles. The zero-order chi connectivity index (χ0) is 31.6. The topological polar surface area (TPSA) is 3.24 Å². The normalized spacial score (nSPS) is 11.5. The number of para-hydroxylation sites is 1. The monoisotopic (exact) mass is 617 g/mol. The highest BCUT2D eigenvalue weighted by Gasteiger charge is 2.52. The average molecular weight is 618 g/mol. The summed E-state index contributed by atoms with van der Waals surface area (Å²) in [4.78, 5) is 0. The largest absolute Gasteiger partial charge is 0.409 e. The van der Waals surface area contributed by atoms with E-state index in [0.717, 1.165) is 0 Å². The molecule has 6 aromatic carbocycles. The van der Waals surface area contributed by atoms with Gasteiger partial charge in [-0.3, -0.25) is 0 Å². The standard InChI is InChI=1S/C42H43NSi2/c1-31-19-7-13-25-37(31)43(44(38-26-14-8-20-32(38)2)39-27-15-9-21-33(39)3)45(40-28-16-10-22-34(40)4,41-29-17-11-23-35(41)5)42-30-18-12-24-36(42)6/h7-30,44H,1-6H3. The van der Waals surface area contributed by atoms with Gasteiger partial charge in [-0.25, -0.2) is 0 Å². The molecule has 0 saturated carbocycles. The van der Waals surface area contributed by atoms with Crippen LogP contribution in [0.1, 0.15) is 33.4 Å². The molecule has 6 aromatic rings. The molecule has 0 fully saturated rings. The molecule has 3 heteroatoms. The Morgan fingerprint density at radius 1 is 0.356 bits per heavy atom. The fourth-order valence-corrected chi connectivity index (χ4v) is 19.3. The molecule has 45 heavy (non-hydrogen) atoms. The maximum atomic E-state index is 3.04. The van der Waals surface area contributed by atoms with Crippen LogP contribution in [0.5, 0.6) is 0 Å². The summed E-state index contributed by atoms with van der Waals surface area (Å²) in [6.07, 6.45) is 0. The van der Waals surface area contributed by atoms with Crippen molar-refractivity contribution in [3.8, 4) is 0 Å². The van der Waals surface area contributed by atoms with Gasteiger partial charge in [0.1, 0.15) is 0 Å². The second-order valence-corrected chi connectivity index (χ2v) is 19.0. The Morgan fingerprint density at radius 2 is 0.667 bits per heavy atom. The summed E-state index contributed by atoms with van der Waals surface area (Å²) >= 11 is 0. The summed E-state index contributed by atoms with van der Waals surface area (Å²) in [7, 11) is -5.24. The van der Waals surface area contributed by atoms with E-state index in [4.69, 9.17) is 0 Å². The molecule has 0 aliphatic heterocycles. The Hall–Kier alpha value is -4.45. The zero-order valence-corrected chi connectivity index (χ0v) is 29.5. The second-order valence-electron chi connectivity index (χ2n) is 12.4. The molecule has 0 aliphatic carbocycles. The zero-order valence-electron chi connectivity index (χ0n) is 27.4. The van der Waals surface area contributed by atoms with Crippen LogP contribution in [0.2, 0.25) is 0 Å². The van der Waals surface area contributed by atoms with Crippen LogP contribution in [0, 0.1) is 41.5 Å². The van der Waals surface area contributed by atoms with Crippen LogP contribution >= 0.6 is 0 Å². The van der Waals surface area contributed by atoms with Gasteiger partial charge in [-0.15, -0.1) is 0 Å². The van der Waals surface area contributed by atoms with E-state index < -0.39 is 17.2 Å². The Labute approximate surface area is 272 Å². The van der Waals surface area contributed by atoms with E-state index in [1.54, 1.807) is 0 Å². The molecule has 0 N–H and O–H groups in total. The van der Waals surface area contributed by atoms with Crippen LogP contribution in [0.25, 0.3) is 0 Å². The van der Waals surface area contributed by atoms with Gasteiger partial charge in [-0.1, -0.05) is 140 Å². The van der Waals surface area contributed by atoms with Crippen LogP contribution in [-0.2, 0) is 0 Å². The molecular formula is C42H43NSi2. The summed E-state index contributed by atoms with van der Waals surface area (Å²) in [6, 6.07) is 55.1. The van der Waals surface area contributed by atoms with E-state index in [1.165, 1.54) is 65.0 Å². The minimum atomic E-state index is -3.04. The van der Waals surface area contributed by atoms with E-state index >= 15 is 0 Å². The van der Waals surface area contributed by atoms with Crippen molar-refractivity contribution in [3.05, 3.63) is 179 Å². The van der Waals surface area contributed by atoms with Gasteiger partial charge in [0, 0.05) is 5.69 Å². The summed E-state index contributed by atoms with van der Waals surface area (Å²) in [6.45, 7) is 13.9. The van der Waals surface area contributed by atoms with Crippen molar-refractivity contribution < 1.29 is 0 Å². The number of anilines is 1. The van der Waals surface area contributed by atoms with Crippen LogP contribution < -0.4 is 30.2 Å². The van der Waals surface area contributed by atoms with Crippen LogP contribution in [0.4, 0.5) is 5.69 Å². The first kappa shape index (κ1) is 30.6. The van der Waals surface area contributed by atoms with Crippen molar-refractivity contribution in [3.63, 3.8) is 0 Å². The molecule has 0 atom stereocenters. The molecule has 0 amide bonds. The molecule has 0 heterocycles. The van der Waals surface area contributed by atoms with Crippen LogP contribution in [-0.4, -0.2) is 17.2 Å². The number of hydrogen-bond donors (Lipinski definition) is 0. The van der Waals surface area contributed by atoms with E-state index in [-0.39, 0.29) is 0 Å². The molecular weight excluding hydrogens is 575 g/mol. The minimum Gasteiger partial charge on any atom is -0.409 e. The molecule has 0 aliphatic rings. The van der Waals surface area contributed by atoms with Crippen molar-refractivity contribution in [2.45, 2.75) is 41.5 Å². The molecule has 224 valence electrons. The van der Waals surface area contributed by atoms with Crippen molar-refractivity contribution in [1.29, 1.82) is 0 Å². The number of rotatable bonds is 8. The molecule has 6 rings (SSSR count). The van der Waals surface area contributed by atoms with Gasteiger partial charge in [0.2, 0.25) is 8.24 Å². The minimum absolute atomic E-state index is 1.31. The van der Waals surface area contributed by atoms with E-state index in [2.05, 4.69) is 191 Å². The van der Waals surface area contributed by atoms with Gasteiger partial charge in [-0.05, 0) is 107 Å². The number of aryl methyl sites for hydroxylation is 6. The molecule has 0 unspecified atom stereocenters. The Balaban J connectivity index is 1.92. The summed E-state index contributed by atoms with van der Waals surface area (Å²) in [5, 5.41) is 7.31. The average Bonchev–Trinajstić information content (AvgIpc) is 3.04. The van der Waals surface area contributed by atoms with Gasteiger partial charge >= 0.3 is 0 Å². The highest BCUT2D eigenvalue weighted by molar-refractivity contribution is 7.21. The van der Waals surface area contributed by atoms with Crippen LogP contribution in [0.3, 0.4) is 0 Å². The summed E-state index contributed by atoms with van der Waals surface area (Å²) < 4.78 is 3.04. The fourth-order valence-electron chi connectivity index (χ4n) is 7.34. The van der Waals surface area contributed by atoms with Gasteiger partial charge in [0.15, 0.2) is 8.96 Å². The molecule has 0 spiro atoms. The van der Waals surface area contributed by atoms with E-state index in [0.29, 0.717) is 0 Å². The first-order chi connectivity index (χ1) is 21.9. The third kappa shape index (κ3) is 5.41. The Morgan fingerprint density at radius 3 is 1.02 bits per heavy atom. The molecule has 1 nitrogen and oxygen atoms in total. The lowest BCUT2D eigenvalue weighted by atomic mass is 10.2. The van der Waals surface area contributed by atoms with Gasteiger partial charge < -0.3 is 4.23 Å². The third-order valence-corrected chi connectivity index (χ3v) is 19.8. The van der Waals surface area contributed by atoms with Gasteiger partial charge in [-0.2, -0.15) is 0 Å². The highest BCUT2D eigenvalue weighted by Crippen LogP contribution is 2.30. The summed E-state index contributed by atoms with van der Waals surface area (Å²) in [5.74, 6) is 0. The highest BCUT2D eigenvalue weighted by atomic mass is 28.4. The second kappa shape index (κ2) is 12.9. The lowest BCUT2D eigenvalue weighted by molar-refractivity contribution is 1.35. The van der Waals surface area contributed by atoms with Gasteiger partial charge in [0.05, 0.1) is 0 Å². The Bertz CT molecular complexity index is 1800. The van der Waals surface area contributed by atoms with Crippen molar-refractivity contribution in [2.24, 2.45) is 0 Å². The van der Waals surface area contributed by atoms with Crippen LogP contribution in [0.15, 0.2) is 146 Å². The molecule has 0 aromatic heterocycles. The molecule has 0 bridgehead atoms. The molecule has 0 radical (unpaired) electrons. The SMILES string of the molecule is Cc1ccccc1N([SiH](c1ccccc1C)c1ccccc1C)[Si](c1ccccc1C)(c1ccccc1C)c1ccccc1C. The Kier molecular flexibility index (Phi) is 8.75. The first-order valence-corrected chi connectivity index (χ1v) is 19.6. The van der Waals surface area contributed by atoms with Crippen molar-refractivity contribution in [2.75, 3.05) is 4.23 Å². The van der Waals surface area contributed by atoms with Crippen molar-refractivity contribution >= 4 is 48.8 Å². The predicted octanol–water partition coefficient (Wildman–Crippen LogP) is 6.55. The summed E-state index contributed by atoms with van der Waals surface area (Å²) in [5.41, 5.74) is 9.40.